The number of benzene rings is 1. The van der Waals surface area contributed by atoms with Crippen molar-refractivity contribution < 1.29 is 4.79 Å². The molecule has 2 heterocycles. The summed E-state index contributed by atoms with van der Waals surface area (Å²) in [7, 11) is 4.19. The molecule has 0 radical (unpaired) electrons. The van der Waals surface area contributed by atoms with E-state index >= 15 is 0 Å². The number of amides is 1. The molecule has 0 bridgehead atoms. The summed E-state index contributed by atoms with van der Waals surface area (Å²) in [6, 6.07) is 7.21. The fraction of sp³-hybridized carbons (Fsp3) is 0.571. The molecule has 0 unspecified atom stereocenters. The van der Waals surface area contributed by atoms with E-state index in [2.05, 4.69) is 49.0 Å². The topological polar surface area (TPSA) is 39.3 Å². The lowest BCUT2D eigenvalue weighted by Gasteiger charge is -2.31. The van der Waals surface area contributed by atoms with Gasteiger partial charge in [-0.05, 0) is 63.3 Å². The molecule has 134 valence electrons. The number of H-pyrrole nitrogens is 1. The summed E-state index contributed by atoms with van der Waals surface area (Å²) in [5, 5.41) is 1.34. The van der Waals surface area contributed by atoms with Crippen LogP contribution in [-0.4, -0.2) is 47.4 Å². The number of aryl methyl sites for hydroxylation is 2. The first-order valence-electron chi connectivity index (χ1n) is 9.44. The Kier molecular flexibility index (Phi) is 4.11. The molecule has 1 N–H and O–H groups in total. The molecular formula is C21H29N3O. The molecule has 2 aliphatic rings. The van der Waals surface area contributed by atoms with Gasteiger partial charge >= 0.3 is 0 Å². The second kappa shape index (κ2) is 6.17. The highest BCUT2D eigenvalue weighted by Gasteiger charge is 2.41. The summed E-state index contributed by atoms with van der Waals surface area (Å²) in [6.45, 7) is 6.27. The number of piperidine rings is 1. The van der Waals surface area contributed by atoms with E-state index in [0.717, 1.165) is 19.5 Å². The molecule has 1 aromatic carbocycles. The molecule has 3 atom stereocenters. The smallest absolute Gasteiger partial charge is 0.222 e. The third-order valence-electron chi connectivity index (χ3n) is 6.54. The van der Waals surface area contributed by atoms with Crippen molar-refractivity contribution in [1.82, 2.24) is 14.8 Å². The molecule has 1 saturated carbocycles. The minimum absolute atomic E-state index is 0.325. The zero-order chi connectivity index (χ0) is 17.7. The normalized spacial score (nSPS) is 26.7. The number of nitrogens with zero attached hydrogens (tertiary/aromatic N) is 2. The minimum Gasteiger partial charge on any atom is -0.357 e. The van der Waals surface area contributed by atoms with Crippen LogP contribution in [0.3, 0.4) is 0 Å². The van der Waals surface area contributed by atoms with Crippen LogP contribution in [0.5, 0.6) is 0 Å². The second-order valence-corrected chi connectivity index (χ2v) is 8.32. The van der Waals surface area contributed by atoms with Crippen LogP contribution in [0.1, 0.15) is 36.1 Å². The van der Waals surface area contributed by atoms with Crippen molar-refractivity contribution in [3.63, 3.8) is 0 Å². The van der Waals surface area contributed by atoms with Crippen LogP contribution in [0.2, 0.25) is 0 Å². The molecule has 1 aliphatic carbocycles. The number of aromatic amines is 1. The molecule has 4 heteroatoms. The fourth-order valence-electron chi connectivity index (χ4n) is 4.88. The summed E-state index contributed by atoms with van der Waals surface area (Å²) in [5.74, 6) is 1.59. The number of carbonyl (C=O) groups excluding carboxylic acids is 1. The third-order valence-corrected chi connectivity index (χ3v) is 6.54. The van der Waals surface area contributed by atoms with Gasteiger partial charge < -0.3 is 9.88 Å². The van der Waals surface area contributed by atoms with Crippen LogP contribution in [-0.2, 0) is 11.3 Å². The Bertz CT molecular complexity index is 809. The first kappa shape index (κ1) is 16.6. The van der Waals surface area contributed by atoms with Crippen molar-refractivity contribution in [2.75, 3.05) is 20.6 Å². The lowest BCUT2D eigenvalue weighted by atomic mass is 9.88. The van der Waals surface area contributed by atoms with E-state index in [1.807, 2.05) is 11.9 Å². The summed E-state index contributed by atoms with van der Waals surface area (Å²) >= 11 is 0. The molecule has 4 nitrogen and oxygen atoms in total. The maximum Gasteiger partial charge on any atom is 0.222 e. The quantitative estimate of drug-likeness (QED) is 0.930. The first-order chi connectivity index (χ1) is 11.9. The van der Waals surface area contributed by atoms with E-state index in [1.165, 1.54) is 40.6 Å². The fourth-order valence-corrected chi connectivity index (χ4v) is 4.88. The Morgan fingerprint density at radius 2 is 2.00 bits per heavy atom. The summed E-state index contributed by atoms with van der Waals surface area (Å²) < 4.78 is 0. The number of likely N-dealkylation sites (tertiary alicyclic amines) is 1. The van der Waals surface area contributed by atoms with Gasteiger partial charge in [0, 0.05) is 49.2 Å². The Hall–Kier alpha value is -1.81. The molecule has 2 fully saturated rings. The van der Waals surface area contributed by atoms with Gasteiger partial charge in [-0.25, -0.2) is 0 Å². The highest BCUT2D eigenvalue weighted by atomic mass is 16.2. The second-order valence-electron chi connectivity index (χ2n) is 8.32. The number of carbonyl (C=O) groups is 1. The van der Waals surface area contributed by atoms with Gasteiger partial charge in [-0.15, -0.1) is 0 Å². The number of hydrogen-bond acceptors (Lipinski definition) is 2. The Balaban J connectivity index is 1.48. The minimum atomic E-state index is 0.325. The number of aromatic nitrogens is 1. The maximum atomic E-state index is 12.0. The van der Waals surface area contributed by atoms with Gasteiger partial charge in [-0.2, -0.15) is 0 Å². The molecule has 1 amide bonds. The van der Waals surface area contributed by atoms with Gasteiger partial charge in [0.15, 0.2) is 0 Å². The molecule has 0 spiro atoms. The van der Waals surface area contributed by atoms with Crippen LogP contribution >= 0.6 is 0 Å². The van der Waals surface area contributed by atoms with Gasteiger partial charge in [0.1, 0.15) is 0 Å². The van der Waals surface area contributed by atoms with Gasteiger partial charge in [0.25, 0.3) is 0 Å². The van der Waals surface area contributed by atoms with Crippen molar-refractivity contribution >= 4 is 16.8 Å². The monoisotopic (exact) mass is 339 g/mol. The predicted molar refractivity (Wildman–Crippen MR) is 101 cm³/mol. The van der Waals surface area contributed by atoms with Gasteiger partial charge in [0.05, 0.1) is 0 Å². The SMILES string of the molecule is Cc1ccc2[nH]c(CN(C)[C@H]3C[C@H]4CC(=O)N(C)C[C@H]4C3)c(C)c2c1. The Labute approximate surface area is 150 Å². The average molecular weight is 339 g/mol. The molecule has 1 aromatic heterocycles. The molecule has 1 aliphatic heterocycles. The van der Waals surface area contributed by atoms with E-state index in [0.29, 0.717) is 23.8 Å². The van der Waals surface area contributed by atoms with E-state index in [1.54, 1.807) is 0 Å². The van der Waals surface area contributed by atoms with Crippen molar-refractivity contribution in [3.8, 4) is 0 Å². The zero-order valence-electron chi connectivity index (χ0n) is 15.8. The van der Waals surface area contributed by atoms with Crippen LogP contribution in [0, 0.1) is 25.7 Å². The van der Waals surface area contributed by atoms with Crippen molar-refractivity contribution in [3.05, 3.63) is 35.0 Å². The zero-order valence-corrected chi connectivity index (χ0v) is 15.8. The van der Waals surface area contributed by atoms with Crippen LogP contribution in [0.4, 0.5) is 0 Å². The highest BCUT2D eigenvalue weighted by Crippen LogP contribution is 2.40. The largest absolute Gasteiger partial charge is 0.357 e. The number of nitrogens with one attached hydrogen (secondary N) is 1. The van der Waals surface area contributed by atoms with Gasteiger partial charge in [-0.3, -0.25) is 9.69 Å². The molecule has 4 rings (SSSR count). The summed E-state index contributed by atoms with van der Waals surface area (Å²) in [6.07, 6.45) is 3.13. The Morgan fingerprint density at radius 1 is 1.24 bits per heavy atom. The maximum absolute atomic E-state index is 12.0. The molecule has 2 aromatic rings. The summed E-state index contributed by atoms with van der Waals surface area (Å²) in [4.78, 5) is 20.0. The van der Waals surface area contributed by atoms with E-state index in [-0.39, 0.29) is 0 Å². The Morgan fingerprint density at radius 3 is 2.80 bits per heavy atom. The molecule has 25 heavy (non-hydrogen) atoms. The molecule has 1 saturated heterocycles. The van der Waals surface area contributed by atoms with Crippen LogP contribution in [0.25, 0.3) is 10.9 Å². The van der Waals surface area contributed by atoms with Crippen LogP contribution in [0.15, 0.2) is 18.2 Å². The summed E-state index contributed by atoms with van der Waals surface area (Å²) in [5.41, 5.74) is 5.24. The molecular weight excluding hydrogens is 310 g/mol. The average Bonchev–Trinajstić information content (AvgIpc) is 3.10. The van der Waals surface area contributed by atoms with E-state index in [9.17, 15) is 4.79 Å². The van der Waals surface area contributed by atoms with E-state index in [4.69, 9.17) is 0 Å². The number of fused-ring (bicyclic) bond motifs is 2. The van der Waals surface area contributed by atoms with Gasteiger partial charge in [-0.1, -0.05) is 11.6 Å². The number of hydrogen-bond donors (Lipinski definition) is 1. The third kappa shape index (κ3) is 2.97. The van der Waals surface area contributed by atoms with Crippen LogP contribution < -0.4 is 0 Å². The first-order valence-corrected chi connectivity index (χ1v) is 9.44. The van der Waals surface area contributed by atoms with E-state index < -0.39 is 0 Å². The highest BCUT2D eigenvalue weighted by molar-refractivity contribution is 5.85. The lowest BCUT2D eigenvalue weighted by molar-refractivity contribution is -0.134. The van der Waals surface area contributed by atoms with Crippen molar-refractivity contribution in [1.29, 1.82) is 0 Å². The van der Waals surface area contributed by atoms with Crippen molar-refractivity contribution in [2.24, 2.45) is 11.8 Å². The van der Waals surface area contributed by atoms with Gasteiger partial charge in [0.2, 0.25) is 5.91 Å². The number of rotatable bonds is 3. The standard InChI is InChI=1S/C21H29N3O/c1-13-5-6-19-18(7-13)14(2)20(22-19)12-23(3)17-8-15-10-21(25)24(4)11-16(15)9-17/h5-7,15-17,22H,8-12H2,1-4H3/t15-,16+,17-/m0/s1. The lowest BCUT2D eigenvalue weighted by Crippen LogP contribution is -2.39. The van der Waals surface area contributed by atoms with Crippen molar-refractivity contribution in [2.45, 2.75) is 45.7 Å². The predicted octanol–water partition coefficient (Wildman–Crippen LogP) is 3.47.